The number of benzene rings is 1. The van der Waals surface area contributed by atoms with Gasteiger partial charge in [0.25, 0.3) is 5.91 Å². The zero-order chi connectivity index (χ0) is 26.7. The van der Waals surface area contributed by atoms with E-state index in [2.05, 4.69) is 0 Å². The van der Waals surface area contributed by atoms with E-state index in [1.54, 1.807) is 0 Å². The van der Waals surface area contributed by atoms with Gasteiger partial charge in [-0.3, -0.25) is 14.4 Å². The molecule has 2 rings (SSSR count). The molecule has 36 heavy (non-hydrogen) atoms. The van der Waals surface area contributed by atoms with Crippen LogP contribution in [0.1, 0.15) is 58.8 Å². The van der Waals surface area contributed by atoms with E-state index in [0.717, 1.165) is 30.7 Å². The second kappa shape index (κ2) is 15.2. The van der Waals surface area contributed by atoms with E-state index >= 15 is 4.39 Å². The number of hydrogen-bond acceptors (Lipinski definition) is 7. The first-order valence-corrected chi connectivity index (χ1v) is 13.7. The number of carbonyl (C=O) groups is 4. The van der Waals surface area contributed by atoms with Crippen LogP contribution in [-0.2, 0) is 28.7 Å². The smallest absolute Gasteiger partial charge is 0.334 e. The average molecular weight is 562 g/mol. The van der Waals surface area contributed by atoms with Gasteiger partial charge in [0.05, 0.1) is 29.7 Å². The number of ether oxygens (including phenoxy) is 2. The lowest BCUT2D eigenvalue weighted by atomic mass is 9.90. The first-order valence-electron chi connectivity index (χ1n) is 11.8. The van der Waals surface area contributed by atoms with Gasteiger partial charge in [0.15, 0.2) is 0 Å². The monoisotopic (exact) mass is 561 g/mol. The summed E-state index contributed by atoms with van der Waals surface area (Å²) >= 11 is 12.9. The molecular weight excluding hydrogens is 532 g/mol. The fourth-order valence-corrected chi connectivity index (χ4v) is 4.69. The van der Waals surface area contributed by atoms with E-state index in [1.807, 2.05) is 13.8 Å². The van der Waals surface area contributed by atoms with E-state index in [-0.39, 0.29) is 45.5 Å². The van der Waals surface area contributed by atoms with Gasteiger partial charge in [-0.25, -0.2) is 14.1 Å². The Morgan fingerprint density at radius 2 is 1.72 bits per heavy atom. The Kier molecular flexibility index (Phi) is 12.7. The topological polar surface area (TPSA) is 90.0 Å². The largest absolute Gasteiger partial charge is 0.465 e. The number of carbonyl (C=O) groups excluding carboxylic acids is 4. The molecule has 0 N–H and O–H groups in total. The second-order valence-corrected chi connectivity index (χ2v) is 9.76. The molecule has 0 bridgehead atoms. The summed E-state index contributed by atoms with van der Waals surface area (Å²) in [4.78, 5) is 51.8. The Hall–Kier alpha value is -2.10. The van der Waals surface area contributed by atoms with Gasteiger partial charge in [-0.2, -0.15) is 0 Å². The first-order chi connectivity index (χ1) is 17.2. The maximum absolute atomic E-state index is 15.0. The number of hydrogen-bond donors (Lipinski definition) is 0. The maximum atomic E-state index is 15.0. The fourth-order valence-electron chi connectivity index (χ4n) is 3.51. The highest BCUT2D eigenvalue weighted by atomic mass is 35.5. The summed E-state index contributed by atoms with van der Waals surface area (Å²) in [5, 5.41) is 0.00837. The molecule has 0 aromatic heterocycles. The molecule has 0 unspecified atom stereocenters. The molecule has 2 amide bonds. The average Bonchev–Trinajstić information content (AvgIpc) is 2.87. The number of unbranched alkanes of at least 4 members (excludes halogenated alkanes) is 1. The van der Waals surface area contributed by atoms with E-state index in [1.165, 1.54) is 6.07 Å². The van der Waals surface area contributed by atoms with Gasteiger partial charge in [-0.1, -0.05) is 31.9 Å². The summed E-state index contributed by atoms with van der Waals surface area (Å²) in [6, 6.07) is 2.19. The summed E-state index contributed by atoms with van der Waals surface area (Å²) in [7, 11) is 0. The predicted octanol–water partition coefficient (Wildman–Crippen LogP) is 5.84. The van der Waals surface area contributed by atoms with Gasteiger partial charge in [-0.15, -0.1) is 23.4 Å². The number of halogens is 3. The van der Waals surface area contributed by atoms with E-state index < -0.39 is 35.5 Å². The number of esters is 2. The van der Waals surface area contributed by atoms with Gasteiger partial charge in [0.2, 0.25) is 5.91 Å². The normalized spacial score (nSPS) is 13.4. The highest BCUT2D eigenvalue weighted by molar-refractivity contribution is 8.00. The number of alkyl halides is 1. The van der Waals surface area contributed by atoms with Crippen molar-refractivity contribution in [3.8, 4) is 0 Å². The number of thioether (sulfide) groups is 1. The van der Waals surface area contributed by atoms with E-state index in [0.29, 0.717) is 37.2 Å². The quantitative estimate of drug-likeness (QED) is 0.137. The number of amides is 2. The summed E-state index contributed by atoms with van der Waals surface area (Å²) in [5.74, 6) is -4.39. The molecule has 0 atom stereocenters. The van der Waals surface area contributed by atoms with Crippen molar-refractivity contribution in [3.05, 3.63) is 34.1 Å². The minimum Gasteiger partial charge on any atom is -0.465 e. The molecule has 0 heterocycles. The lowest BCUT2D eigenvalue weighted by molar-refractivity contribution is -0.141. The van der Waals surface area contributed by atoms with Crippen LogP contribution in [0.25, 0.3) is 0 Å². The Morgan fingerprint density at radius 3 is 2.36 bits per heavy atom. The molecule has 1 aliphatic carbocycles. The minimum atomic E-state index is -0.923. The Morgan fingerprint density at radius 1 is 1.03 bits per heavy atom. The number of nitrogens with zero attached hydrogens (tertiary/aromatic N) is 1. The standard InChI is InChI=1S/C25H30Cl2FNO6S/c1-3-5-11-34-23(31)15-36-21-13-20(19(28)12-18(21)27)29(22(30)14-26)24(32)16-8-6-7-9-17(16)25(33)35-10-4-2/h12-13H,3-11,14-15H2,1-2H3. The van der Waals surface area contributed by atoms with Crippen LogP contribution in [0.15, 0.2) is 28.2 Å². The van der Waals surface area contributed by atoms with Crippen LogP contribution in [-0.4, -0.2) is 48.6 Å². The SMILES string of the molecule is CCCCOC(=O)CSc1cc(N(C(=O)CCl)C(=O)C2=C(C(=O)OCCC)CCCC2)c(F)cc1Cl. The molecule has 11 heteroatoms. The zero-order valence-corrected chi connectivity index (χ0v) is 22.7. The summed E-state index contributed by atoms with van der Waals surface area (Å²) in [6.45, 7) is 4.31. The number of imide groups is 1. The van der Waals surface area contributed by atoms with Gasteiger partial charge in [0, 0.05) is 16.0 Å². The molecule has 0 saturated heterocycles. The van der Waals surface area contributed by atoms with Gasteiger partial charge in [-0.05, 0) is 50.7 Å². The van der Waals surface area contributed by atoms with Crippen LogP contribution in [0.4, 0.5) is 10.1 Å². The van der Waals surface area contributed by atoms with Crippen LogP contribution < -0.4 is 4.90 Å². The molecule has 0 saturated carbocycles. The van der Waals surface area contributed by atoms with Crippen molar-refractivity contribution in [1.29, 1.82) is 0 Å². The summed E-state index contributed by atoms with van der Waals surface area (Å²) < 4.78 is 25.4. The molecule has 0 spiro atoms. The minimum absolute atomic E-state index is 0.00837. The third kappa shape index (κ3) is 8.21. The Bertz CT molecular complexity index is 1020. The molecular formula is C25H30Cl2FNO6S. The van der Waals surface area contributed by atoms with Crippen molar-refractivity contribution in [3.63, 3.8) is 0 Å². The highest BCUT2D eigenvalue weighted by Gasteiger charge is 2.33. The zero-order valence-electron chi connectivity index (χ0n) is 20.4. The van der Waals surface area contributed by atoms with Crippen LogP contribution in [0.2, 0.25) is 5.02 Å². The second-order valence-electron chi connectivity index (χ2n) is 8.06. The third-order valence-electron chi connectivity index (χ3n) is 5.33. The van der Waals surface area contributed by atoms with Crippen molar-refractivity contribution >= 4 is 64.4 Å². The van der Waals surface area contributed by atoms with Gasteiger partial charge >= 0.3 is 11.9 Å². The molecule has 0 aliphatic heterocycles. The highest BCUT2D eigenvalue weighted by Crippen LogP contribution is 2.36. The Balaban J connectivity index is 2.41. The molecule has 0 fully saturated rings. The van der Waals surface area contributed by atoms with E-state index in [9.17, 15) is 19.2 Å². The molecule has 1 aromatic rings. The van der Waals surface area contributed by atoms with Crippen molar-refractivity contribution in [2.24, 2.45) is 0 Å². The molecule has 1 aromatic carbocycles. The van der Waals surface area contributed by atoms with Crippen molar-refractivity contribution in [2.45, 2.75) is 63.7 Å². The van der Waals surface area contributed by atoms with Crippen LogP contribution in [0, 0.1) is 5.82 Å². The lowest BCUT2D eigenvalue weighted by Crippen LogP contribution is -2.40. The lowest BCUT2D eigenvalue weighted by Gasteiger charge is -2.26. The first kappa shape index (κ1) is 30.1. The maximum Gasteiger partial charge on any atom is 0.334 e. The third-order valence-corrected chi connectivity index (χ3v) is 7.01. The fraction of sp³-hybridized carbons (Fsp3) is 0.520. The Labute approximate surface area is 224 Å². The number of anilines is 1. The molecule has 7 nitrogen and oxygen atoms in total. The van der Waals surface area contributed by atoms with Crippen molar-refractivity contribution in [2.75, 3.05) is 29.7 Å². The summed E-state index contributed by atoms with van der Waals surface area (Å²) in [6.07, 6.45) is 4.08. The van der Waals surface area contributed by atoms with Crippen LogP contribution >= 0.6 is 35.0 Å². The van der Waals surface area contributed by atoms with Crippen LogP contribution in [0.3, 0.4) is 0 Å². The predicted molar refractivity (Wildman–Crippen MR) is 138 cm³/mol. The molecule has 1 aliphatic rings. The van der Waals surface area contributed by atoms with Crippen molar-refractivity contribution < 1.29 is 33.0 Å². The summed E-state index contributed by atoms with van der Waals surface area (Å²) in [5.41, 5.74) is -0.0778. The van der Waals surface area contributed by atoms with E-state index in [4.69, 9.17) is 32.7 Å². The van der Waals surface area contributed by atoms with Crippen molar-refractivity contribution in [1.82, 2.24) is 0 Å². The van der Waals surface area contributed by atoms with Crippen LogP contribution in [0.5, 0.6) is 0 Å². The van der Waals surface area contributed by atoms with Gasteiger partial charge in [0.1, 0.15) is 11.7 Å². The van der Waals surface area contributed by atoms with Gasteiger partial charge < -0.3 is 9.47 Å². The molecule has 0 radical (unpaired) electrons. The number of rotatable bonds is 12. The molecule has 198 valence electrons.